The lowest BCUT2D eigenvalue weighted by Gasteiger charge is -2.23. The van der Waals surface area contributed by atoms with E-state index in [4.69, 9.17) is 4.74 Å². The zero-order chi connectivity index (χ0) is 22.6. The van der Waals surface area contributed by atoms with Crippen LogP contribution in [0.2, 0.25) is 0 Å². The number of halogens is 3. The first-order chi connectivity index (χ1) is 15.4. The van der Waals surface area contributed by atoms with E-state index in [2.05, 4.69) is 15.0 Å². The number of thiazole rings is 1. The summed E-state index contributed by atoms with van der Waals surface area (Å²) in [4.78, 5) is 19.0. The molecule has 2 amide bonds. The summed E-state index contributed by atoms with van der Waals surface area (Å²) in [6.45, 7) is 1.41. The zero-order valence-electron chi connectivity index (χ0n) is 17.1. The molecule has 0 saturated carbocycles. The molecule has 32 heavy (non-hydrogen) atoms. The molecule has 1 atom stereocenters. The molecular weight excluding hydrogens is 443 g/mol. The van der Waals surface area contributed by atoms with Crippen LogP contribution in [0, 0.1) is 0 Å². The molecule has 2 aromatic carbocycles. The molecule has 1 aromatic heterocycles. The molecule has 0 bridgehead atoms. The van der Waals surface area contributed by atoms with E-state index < -0.39 is 6.36 Å². The van der Waals surface area contributed by atoms with E-state index >= 15 is 0 Å². The number of fused-ring (bicyclic) bond motifs is 1. The second-order valence-corrected chi connectivity index (χ2v) is 8.40. The number of aromatic nitrogens is 1. The smallest absolute Gasteiger partial charge is 0.406 e. The highest BCUT2D eigenvalue weighted by atomic mass is 32.1. The van der Waals surface area contributed by atoms with Crippen LogP contribution < -0.4 is 15.0 Å². The number of urea groups is 1. The van der Waals surface area contributed by atoms with Crippen LogP contribution in [0.25, 0.3) is 10.2 Å². The Labute approximate surface area is 187 Å². The van der Waals surface area contributed by atoms with Crippen molar-refractivity contribution in [2.45, 2.75) is 31.7 Å². The Balaban J connectivity index is 1.51. The molecule has 6 nitrogen and oxygen atoms in total. The highest BCUT2D eigenvalue weighted by Gasteiger charge is 2.31. The Hall–Kier alpha value is -2.85. The van der Waals surface area contributed by atoms with Gasteiger partial charge in [-0.3, -0.25) is 4.90 Å². The fourth-order valence-electron chi connectivity index (χ4n) is 3.50. The summed E-state index contributed by atoms with van der Waals surface area (Å²) in [7, 11) is 0. The van der Waals surface area contributed by atoms with Gasteiger partial charge in [0.2, 0.25) is 0 Å². The van der Waals surface area contributed by atoms with Crippen LogP contribution in [0.15, 0.2) is 48.5 Å². The molecule has 1 N–H and O–H groups in total. The maximum absolute atomic E-state index is 13.0. The maximum Gasteiger partial charge on any atom is 0.573 e. The van der Waals surface area contributed by atoms with Crippen LogP contribution in [-0.4, -0.2) is 43.2 Å². The van der Waals surface area contributed by atoms with Crippen molar-refractivity contribution in [3.05, 3.63) is 54.1 Å². The van der Waals surface area contributed by atoms with E-state index in [0.29, 0.717) is 41.5 Å². The third-order valence-electron chi connectivity index (χ3n) is 5.00. The van der Waals surface area contributed by atoms with Gasteiger partial charge in [-0.1, -0.05) is 41.7 Å². The van der Waals surface area contributed by atoms with Gasteiger partial charge in [-0.05, 0) is 37.0 Å². The van der Waals surface area contributed by atoms with Crippen molar-refractivity contribution in [3.63, 3.8) is 0 Å². The summed E-state index contributed by atoms with van der Waals surface area (Å²) in [6, 6.07) is 13.4. The zero-order valence-corrected chi connectivity index (χ0v) is 17.9. The fourth-order valence-corrected chi connectivity index (χ4v) is 4.50. The number of alkyl halides is 3. The standard InChI is InChI=1S/C22H22F3N3O3S/c23-22(24,25)31-16-8-9-18-19(13-16)32-21(27-18)28(14-17-7-4-12-30-17)20(29)26-11-10-15-5-2-1-3-6-15/h1-3,5-6,8-9,13,17H,4,7,10-12,14H2,(H,26,29). The van der Waals surface area contributed by atoms with Crippen LogP contribution >= 0.6 is 11.3 Å². The molecule has 1 aliphatic rings. The number of ether oxygens (including phenoxy) is 2. The van der Waals surface area contributed by atoms with Gasteiger partial charge in [0.25, 0.3) is 0 Å². The lowest BCUT2D eigenvalue weighted by atomic mass is 10.1. The summed E-state index contributed by atoms with van der Waals surface area (Å²) in [5, 5.41) is 3.32. The predicted molar refractivity (Wildman–Crippen MR) is 116 cm³/mol. The number of carbonyl (C=O) groups is 1. The van der Waals surface area contributed by atoms with Gasteiger partial charge in [0.15, 0.2) is 5.13 Å². The van der Waals surface area contributed by atoms with Crippen LogP contribution in [0.5, 0.6) is 5.75 Å². The van der Waals surface area contributed by atoms with E-state index in [-0.39, 0.29) is 17.9 Å². The molecule has 1 aliphatic heterocycles. The van der Waals surface area contributed by atoms with Crippen molar-refractivity contribution in [2.24, 2.45) is 0 Å². The number of benzene rings is 2. The van der Waals surface area contributed by atoms with E-state index in [9.17, 15) is 18.0 Å². The fraction of sp³-hybridized carbons (Fsp3) is 0.364. The minimum absolute atomic E-state index is 0.106. The third kappa shape index (κ3) is 5.89. The summed E-state index contributed by atoms with van der Waals surface area (Å²) in [5.41, 5.74) is 1.60. The minimum Gasteiger partial charge on any atom is -0.406 e. The number of amides is 2. The molecule has 0 radical (unpaired) electrons. The van der Waals surface area contributed by atoms with Crippen LogP contribution in [0.3, 0.4) is 0 Å². The largest absolute Gasteiger partial charge is 0.573 e. The van der Waals surface area contributed by atoms with Gasteiger partial charge in [0.1, 0.15) is 5.75 Å². The topological polar surface area (TPSA) is 63.7 Å². The number of hydrogen-bond donors (Lipinski definition) is 1. The van der Waals surface area contributed by atoms with Gasteiger partial charge in [-0.2, -0.15) is 0 Å². The third-order valence-corrected chi connectivity index (χ3v) is 6.04. The Morgan fingerprint density at radius 2 is 2.06 bits per heavy atom. The van der Waals surface area contributed by atoms with Crippen molar-refractivity contribution in [2.75, 3.05) is 24.6 Å². The SMILES string of the molecule is O=C(NCCc1ccccc1)N(CC1CCCO1)c1nc2ccc(OC(F)(F)F)cc2s1. The molecule has 4 rings (SSSR count). The summed E-state index contributed by atoms with van der Waals surface area (Å²) < 4.78 is 47.8. The molecule has 0 aliphatic carbocycles. The Bertz CT molecular complexity index is 1050. The molecule has 1 fully saturated rings. The van der Waals surface area contributed by atoms with Crippen LogP contribution in [0.1, 0.15) is 18.4 Å². The molecule has 1 unspecified atom stereocenters. The minimum atomic E-state index is -4.77. The van der Waals surface area contributed by atoms with Crippen molar-refractivity contribution in [1.82, 2.24) is 10.3 Å². The van der Waals surface area contributed by atoms with Crippen molar-refractivity contribution in [1.29, 1.82) is 0 Å². The second kappa shape index (κ2) is 9.74. The average molecular weight is 465 g/mol. The lowest BCUT2D eigenvalue weighted by Crippen LogP contribution is -2.44. The highest BCUT2D eigenvalue weighted by Crippen LogP contribution is 2.34. The van der Waals surface area contributed by atoms with Gasteiger partial charge in [-0.15, -0.1) is 13.2 Å². The number of nitrogens with one attached hydrogen (secondary N) is 1. The van der Waals surface area contributed by atoms with E-state index in [0.717, 1.165) is 29.7 Å². The summed E-state index contributed by atoms with van der Waals surface area (Å²) >= 11 is 1.14. The number of anilines is 1. The quantitative estimate of drug-likeness (QED) is 0.525. The van der Waals surface area contributed by atoms with Gasteiger partial charge < -0.3 is 14.8 Å². The number of nitrogens with zero attached hydrogens (tertiary/aromatic N) is 2. The molecule has 3 aromatic rings. The summed E-state index contributed by atoms with van der Waals surface area (Å²) in [6.07, 6.45) is -2.44. The van der Waals surface area contributed by atoms with Crippen molar-refractivity contribution < 1.29 is 27.4 Å². The van der Waals surface area contributed by atoms with Gasteiger partial charge in [-0.25, -0.2) is 9.78 Å². The number of rotatable bonds is 7. The molecule has 0 spiro atoms. The van der Waals surface area contributed by atoms with E-state index in [1.807, 2.05) is 30.3 Å². The molecule has 2 heterocycles. The molecule has 1 saturated heterocycles. The van der Waals surface area contributed by atoms with Gasteiger partial charge in [0.05, 0.1) is 22.9 Å². The van der Waals surface area contributed by atoms with Gasteiger partial charge >= 0.3 is 12.4 Å². The summed E-state index contributed by atoms with van der Waals surface area (Å²) in [5.74, 6) is -0.321. The normalized spacial score (nSPS) is 16.3. The Morgan fingerprint density at radius 3 is 2.78 bits per heavy atom. The monoisotopic (exact) mass is 465 g/mol. The lowest BCUT2D eigenvalue weighted by molar-refractivity contribution is -0.274. The van der Waals surface area contributed by atoms with Crippen molar-refractivity contribution >= 4 is 32.7 Å². The van der Waals surface area contributed by atoms with Crippen LogP contribution in [-0.2, 0) is 11.2 Å². The molecule has 10 heteroatoms. The average Bonchev–Trinajstić information content (AvgIpc) is 3.40. The van der Waals surface area contributed by atoms with Gasteiger partial charge in [0, 0.05) is 19.2 Å². The second-order valence-electron chi connectivity index (χ2n) is 7.39. The number of carbonyl (C=O) groups excluding carboxylic acids is 1. The first-order valence-electron chi connectivity index (χ1n) is 10.2. The first kappa shape index (κ1) is 22.3. The first-order valence-corrected chi connectivity index (χ1v) is 11.1. The Morgan fingerprint density at radius 1 is 1.25 bits per heavy atom. The van der Waals surface area contributed by atoms with E-state index in [1.165, 1.54) is 23.1 Å². The van der Waals surface area contributed by atoms with Crippen molar-refractivity contribution in [3.8, 4) is 5.75 Å². The molecule has 170 valence electrons. The Kier molecular flexibility index (Phi) is 6.80. The molecular formula is C22H22F3N3O3S. The highest BCUT2D eigenvalue weighted by molar-refractivity contribution is 7.22. The number of hydrogen-bond acceptors (Lipinski definition) is 5. The predicted octanol–water partition coefficient (Wildman–Crippen LogP) is 5.13. The van der Waals surface area contributed by atoms with Crippen LogP contribution in [0.4, 0.5) is 23.1 Å². The van der Waals surface area contributed by atoms with E-state index in [1.54, 1.807) is 0 Å². The maximum atomic E-state index is 13.0.